The van der Waals surface area contributed by atoms with Crippen molar-refractivity contribution < 1.29 is 20.8 Å². The molecule has 0 unspecified atom stereocenters. The monoisotopic (exact) mass is 598 g/mol. The van der Waals surface area contributed by atoms with Crippen molar-refractivity contribution in [2.45, 2.75) is 27.7 Å². The first-order valence-electron chi connectivity index (χ1n) is 12.3. The molecule has 0 heterocycles. The van der Waals surface area contributed by atoms with Gasteiger partial charge in [0.05, 0.1) is 0 Å². The summed E-state index contributed by atoms with van der Waals surface area (Å²) in [5.41, 5.74) is 10.5. The predicted octanol–water partition coefficient (Wildman–Crippen LogP) is 11.1. The van der Waals surface area contributed by atoms with Crippen LogP contribution in [-0.4, -0.2) is 0 Å². The molecule has 3 heteroatoms. The third kappa shape index (κ3) is 6.91. The van der Waals surface area contributed by atoms with Crippen molar-refractivity contribution in [1.82, 2.24) is 0 Å². The molecule has 0 aliphatic rings. The van der Waals surface area contributed by atoms with Crippen molar-refractivity contribution in [1.29, 1.82) is 0 Å². The third-order valence-electron chi connectivity index (χ3n) is 6.52. The van der Waals surface area contributed by atoms with E-state index < -0.39 is 20.8 Å². The van der Waals surface area contributed by atoms with Crippen LogP contribution in [0.1, 0.15) is 22.3 Å². The molecule has 0 aliphatic carbocycles. The van der Waals surface area contributed by atoms with Gasteiger partial charge in [0.1, 0.15) is 0 Å². The van der Waals surface area contributed by atoms with E-state index in [1.807, 2.05) is 0 Å². The van der Waals surface area contributed by atoms with Gasteiger partial charge in [-0.05, 0) is 25.0 Å². The van der Waals surface area contributed by atoms with Gasteiger partial charge >= 0.3 is 37.9 Å². The fourth-order valence-corrected chi connectivity index (χ4v) is 4.74. The molecule has 37 heavy (non-hydrogen) atoms. The van der Waals surface area contributed by atoms with Crippen LogP contribution < -0.4 is 0 Å². The van der Waals surface area contributed by atoms with Crippen LogP contribution in [0.15, 0.2) is 109 Å². The van der Waals surface area contributed by atoms with Crippen LogP contribution in [-0.2, 0) is 20.8 Å². The number of benzene rings is 4. The Hall–Kier alpha value is -2.44. The van der Waals surface area contributed by atoms with Crippen molar-refractivity contribution in [3.05, 3.63) is 131 Å². The second kappa shape index (κ2) is 12.9. The zero-order valence-corrected chi connectivity index (χ0v) is 25.6. The molecule has 0 radical (unpaired) electrons. The van der Waals surface area contributed by atoms with Gasteiger partial charge in [-0.25, -0.2) is 0 Å². The van der Waals surface area contributed by atoms with Crippen molar-refractivity contribution in [3.8, 4) is 22.3 Å². The van der Waals surface area contributed by atoms with Crippen LogP contribution in [0, 0.1) is 27.7 Å². The van der Waals surface area contributed by atoms with Gasteiger partial charge in [-0.3, -0.25) is 0 Å². The summed E-state index contributed by atoms with van der Waals surface area (Å²) < 4.78 is 0. The normalized spacial score (nSPS) is 10.3. The SMILES string of the molecule is Cc1ccc(-c2cccc3[cH-]c(C)cc23)cc1.Cc1ccc(-c2cccc3[cH-]c(C)cc23)cc1.[Cl][Zr+2][Cl]. The summed E-state index contributed by atoms with van der Waals surface area (Å²) in [6.45, 7) is 8.55. The fourth-order valence-electron chi connectivity index (χ4n) is 4.74. The molecule has 6 aromatic carbocycles. The molecule has 0 atom stereocenters. The van der Waals surface area contributed by atoms with Gasteiger partial charge < -0.3 is 0 Å². The van der Waals surface area contributed by atoms with E-state index in [0.29, 0.717) is 0 Å². The molecule has 6 aromatic rings. The molecule has 0 aromatic heterocycles. The van der Waals surface area contributed by atoms with E-state index in [2.05, 4.69) is 137 Å². The quantitative estimate of drug-likeness (QED) is 0.174. The summed E-state index contributed by atoms with van der Waals surface area (Å²) in [5.74, 6) is 0. The molecule has 0 N–H and O–H groups in total. The van der Waals surface area contributed by atoms with Crippen LogP contribution >= 0.6 is 17.0 Å². The van der Waals surface area contributed by atoms with Gasteiger partial charge in [-0.15, -0.1) is 69.1 Å². The number of halogens is 2. The van der Waals surface area contributed by atoms with Gasteiger partial charge in [0.2, 0.25) is 0 Å². The Morgan fingerprint density at radius 3 is 1.22 bits per heavy atom. The zero-order valence-electron chi connectivity index (χ0n) is 21.6. The zero-order chi connectivity index (χ0) is 26.4. The molecule has 6 rings (SSSR count). The number of fused-ring (bicyclic) bond motifs is 2. The second-order valence-electron chi connectivity index (χ2n) is 9.49. The second-order valence-corrected chi connectivity index (χ2v) is 13.2. The van der Waals surface area contributed by atoms with E-state index in [9.17, 15) is 0 Å². The van der Waals surface area contributed by atoms with E-state index in [1.54, 1.807) is 0 Å². The average Bonchev–Trinajstić information content (AvgIpc) is 3.46. The standard InChI is InChI=1S/2C17H15.2ClH.Zr/c2*1-12-6-8-14(9-7-12)16-5-3-4-15-10-13(2)11-17(15)16;;;/h2*3-11H,1-2H3;2*1H;/q2*-1;;;+4/p-2. The van der Waals surface area contributed by atoms with E-state index >= 15 is 0 Å². The average molecular weight is 601 g/mol. The first kappa shape index (κ1) is 27.6. The Morgan fingerprint density at radius 2 is 0.865 bits per heavy atom. The molecule has 0 saturated carbocycles. The maximum absolute atomic E-state index is 4.93. The summed E-state index contributed by atoms with van der Waals surface area (Å²) in [7, 11) is 9.87. The van der Waals surface area contributed by atoms with Gasteiger partial charge in [0.25, 0.3) is 0 Å². The molecule has 0 aliphatic heterocycles. The van der Waals surface area contributed by atoms with Crippen molar-refractivity contribution in [3.63, 3.8) is 0 Å². The molecule has 0 saturated heterocycles. The van der Waals surface area contributed by atoms with Gasteiger partial charge in [0.15, 0.2) is 0 Å². The van der Waals surface area contributed by atoms with E-state index in [1.165, 1.54) is 66.1 Å². The molecule has 0 bridgehead atoms. The number of hydrogen-bond donors (Lipinski definition) is 0. The van der Waals surface area contributed by atoms with E-state index in [0.717, 1.165) is 0 Å². The Morgan fingerprint density at radius 1 is 0.514 bits per heavy atom. The minimum absolute atomic E-state index is 0.826. The van der Waals surface area contributed by atoms with Crippen LogP contribution in [0.4, 0.5) is 0 Å². The van der Waals surface area contributed by atoms with Crippen LogP contribution in [0.25, 0.3) is 43.8 Å². The Kier molecular flexibility index (Phi) is 9.61. The summed E-state index contributed by atoms with van der Waals surface area (Å²) in [6.07, 6.45) is 0. The summed E-state index contributed by atoms with van der Waals surface area (Å²) in [4.78, 5) is 0. The summed E-state index contributed by atoms with van der Waals surface area (Å²) in [6, 6.07) is 39.5. The molecular weight excluding hydrogens is 571 g/mol. The fraction of sp³-hybridized carbons (Fsp3) is 0.118. The topological polar surface area (TPSA) is 0 Å². The molecule has 0 nitrogen and oxygen atoms in total. The van der Waals surface area contributed by atoms with Gasteiger partial charge in [0, 0.05) is 0 Å². The molecule has 184 valence electrons. The van der Waals surface area contributed by atoms with E-state index in [-0.39, 0.29) is 0 Å². The number of hydrogen-bond acceptors (Lipinski definition) is 0. The van der Waals surface area contributed by atoms with Crippen LogP contribution in [0.2, 0.25) is 0 Å². The Bertz CT molecular complexity index is 1460. The van der Waals surface area contributed by atoms with Gasteiger partial charge in [-0.2, -0.15) is 12.1 Å². The molecule has 0 fully saturated rings. The number of rotatable bonds is 2. The minimum atomic E-state index is -0.826. The third-order valence-corrected chi connectivity index (χ3v) is 6.52. The predicted molar refractivity (Wildman–Crippen MR) is 161 cm³/mol. The summed E-state index contributed by atoms with van der Waals surface area (Å²) >= 11 is -0.826. The summed E-state index contributed by atoms with van der Waals surface area (Å²) in [5, 5.41) is 5.38. The van der Waals surface area contributed by atoms with E-state index in [4.69, 9.17) is 17.0 Å². The number of aryl methyl sites for hydroxylation is 4. The van der Waals surface area contributed by atoms with Crippen molar-refractivity contribution in [2.24, 2.45) is 0 Å². The van der Waals surface area contributed by atoms with Crippen LogP contribution in [0.5, 0.6) is 0 Å². The van der Waals surface area contributed by atoms with Gasteiger partial charge in [-0.1, -0.05) is 96.8 Å². The maximum atomic E-state index is 4.93. The first-order chi connectivity index (χ1) is 17.9. The Labute approximate surface area is 239 Å². The van der Waals surface area contributed by atoms with Crippen LogP contribution in [0.3, 0.4) is 0 Å². The van der Waals surface area contributed by atoms with Crippen molar-refractivity contribution in [2.75, 3.05) is 0 Å². The van der Waals surface area contributed by atoms with Crippen molar-refractivity contribution >= 4 is 38.6 Å². The molecule has 0 spiro atoms. The first-order valence-corrected chi connectivity index (χ1v) is 18.6. The Balaban J connectivity index is 0.000000157. The molecular formula is C34H30Cl2Zr. The molecule has 0 amide bonds.